The largest absolute Gasteiger partial charge is 0.496 e. The van der Waals surface area contributed by atoms with Crippen molar-refractivity contribution in [3.05, 3.63) is 77.2 Å². The molecule has 0 aliphatic carbocycles. The Labute approximate surface area is 175 Å². The minimum Gasteiger partial charge on any atom is -0.496 e. The number of urea groups is 1. The van der Waals surface area contributed by atoms with Gasteiger partial charge in [0.1, 0.15) is 17.4 Å². The molecule has 6 heteroatoms. The molecule has 2 aromatic carbocycles. The van der Waals surface area contributed by atoms with Gasteiger partial charge >= 0.3 is 6.03 Å². The van der Waals surface area contributed by atoms with E-state index in [1.165, 1.54) is 7.11 Å². The normalized spacial score (nSPS) is 10.2. The molecule has 0 spiro atoms. The topological polar surface area (TPSA) is 63.2 Å². The first-order valence-electron chi connectivity index (χ1n) is 9.48. The van der Waals surface area contributed by atoms with Crippen LogP contribution in [0, 0.1) is 18.2 Å². The first-order valence-corrected chi connectivity index (χ1v) is 9.48. The van der Waals surface area contributed by atoms with E-state index < -0.39 is 0 Å². The first-order chi connectivity index (χ1) is 14.5. The zero-order valence-electron chi connectivity index (χ0n) is 16.8. The number of pyridine rings is 1. The average Bonchev–Trinajstić information content (AvgIpc) is 2.76. The standard InChI is InChI=1S/C24H22FN3O2/c1-4-16-7-6-8-18(13-16)22-20(30-3)11-10-19(23(22)25)14-17-9-12-21(27-15-17)28-24(29)26-5-2/h1,6-13,15H,5,14H2,2-3H3,(H2,26,27,28,29). The molecule has 0 saturated carbocycles. The summed E-state index contributed by atoms with van der Waals surface area (Å²) in [4.78, 5) is 15.8. The maximum absolute atomic E-state index is 15.4. The Morgan fingerprint density at radius 1 is 1.23 bits per heavy atom. The second-order valence-electron chi connectivity index (χ2n) is 6.55. The highest BCUT2D eigenvalue weighted by Gasteiger charge is 2.17. The van der Waals surface area contributed by atoms with Crippen LogP contribution in [0.15, 0.2) is 54.7 Å². The number of benzene rings is 2. The number of carbonyl (C=O) groups excluding carboxylic acids is 1. The number of amides is 2. The Morgan fingerprint density at radius 2 is 2.07 bits per heavy atom. The second kappa shape index (κ2) is 9.57. The van der Waals surface area contributed by atoms with Gasteiger partial charge in [-0.3, -0.25) is 5.32 Å². The number of rotatable bonds is 6. The third-order valence-corrected chi connectivity index (χ3v) is 4.52. The molecule has 0 fully saturated rings. The van der Waals surface area contributed by atoms with Gasteiger partial charge in [-0.25, -0.2) is 14.2 Å². The number of halogens is 1. The summed E-state index contributed by atoms with van der Waals surface area (Å²) in [6.45, 7) is 2.35. The summed E-state index contributed by atoms with van der Waals surface area (Å²) in [6.07, 6.45) is 7.44. The highest BCUT2D eigenvalue weighted by atomic mass is 19.1. The number of aromatic nitrogens is 1. The summed E-state index contributed by atoms with van der Waals surface area (Å²) in [5.41, 5.74) is 3.00. The molecule has 2 N–H and O–H groups in total. The maximum Gasteiger partial charge on any atom is 0.320 e. The lowest BCUT2D eigenvalue weighted by atomic mass is 9.96. The van der Waals surface area contributed by atoms with Gasteiger partial charge in [0.15, 0.2) is 0 Å². The van der Waals surface area contributed by atoms with Gasteiger partial charge in [0.05, 0.1) is 12.7 Å². The van der Waals surface area contributed by atoms with Crippen LogP contribution < -0.4 is 15.4 Å². The van der Waals surface area contributed by atoms with Crippen molar-refractivity contribution in [1.82, 2.24) is 10.3 Å². The molecule has 0 saturated heterocycles. The van der Waals surface area contributed by atoms with Gasteiger partial charge in [-0.1, -0.05) is 30.2 Å². The third-order valence-electron chi connectivity index (χ3n) is 4.52. The van der Waals surface area contributed by atoms with Crippen molar-refractivity contribution in [1.29, 1.82) is 0 Å². The van der Waals surface area contributed by atoms with Crippen LogP contribution in [0.25, 0.3) is 11.1 Å². The van der Waals surface area contributed by atoms with Crippen LogP contribution in [0.5, 0.6) is 5.75 Å². The van der Waals surface area contributed by atoms with Crippen LogP contribution >= 0.6 is 0 Å². The lowest BCUT2D eigenvalue weighted by Crippen LogP contribution is -2.28. The fourth-order valence-corrected chi connectivity index (χ4v) is 3.09. The van der Waals surface area contributed by atoms with Crippen LogP contribution in [0.4, 0.5) is 15.0 Å². The number of anilines is 1. The molecule has 1 heterocycles. The molecule has 0 aliphatic heterocycles. The molecular formula is C24H22FN3O2. The minimum atomic E-state index is -0.368. The average molecular weight is 403 g/mol. The summed E-state index contributed by atoms with van der Waals surface area (Å²) < 4.78 is 20.8. The van der Waals surface area contributed by atoms with Gasteiger partial charge in [-0.05, 0) is 47.9 Å². The van der Waals surface area contributed by atoms with E-state index in [9.17, 15) is 4.79 Å². The summed E-state index contributed by atoms with van der Waals surface area (Å²) in [7, 11) is 1.51. The molecule has 0 bridgehead atoms. The number of nitrogens with one attached hydrogen (secondary N) is 2. The molecule has 0 unspecified atom stereocenters. The van der Waals surface area contributed by atoms with E-state index in [-0.39, 0.29) is 11.8 Å². The molecule has 5 nitrogen and oxygen atoms in total. The highest BCUT2D eigenvalue weighted by molar-refractivity contribution is 5.88. The minimum absolute atomic E-state index is 0.321. The van der Waals surface area contributed by atoms with Crippen molar-refractivity contribution in [2.75, 3.05) is 19.0 Å². The Kier molecular flexibility index (Phi) is 6.66. The summed E-state index contributed by atoms with van der Waals surface area (Å²) >= 11 is 0. The van der Waals surface area contributed by atoms with E-state index in [2.05, 4.69) is 21.5 Å². The molecule has 1 aromatic heterocycles. The summed E-state index contributed by atoms with van der Waals surface area (Å²) in [6, 6.07) is 13.7. The Bertz CT molecular complexity index is 1090. The number of hydrogen-bond donors (Lipinski definition) is 2. The van der Waals surface area contributed by atoms with E-state index in [0.29, 0.717) is 46.8 Å². The van der Waals surface area contributed by atoms with Crippen LogP contribution in [0.2, 0.25) is 0 Å². The monoisotopic (exact) mass is 403 g/mol. The number of hydrogen-bond acceptors (Lipinski definition) is 3. The molecule has 0 radical (unpaired) electrons. The Morgan fingerprint density at radius 3 is 2.73 bits per heavy atom. The Balaban J connectivity index is 1.88. The number of terminal acetylenes is 1. The Hall–Kier alpha value is -3.85. The van der Waals surface area contributed by atoms with Crippen molar-refractivity contribution in [2.45, 2.75) is 13.3 Å². The zero-order valence-corrected chi connectivity index (χ0v) is 16.8. The molecule has 0 aliphatic rings. The molecule has 0 atom stereocenters. The van der Waals surface area contributed by atoms with E-state index >= 15 is 4.39 Å². The SMILES string of the molecule is C#Cc1cccc(-c2c(OC)ccc(Cc3ccc(NC(=O)NCC)nc3)c2F)c1. The van der Waals surface area contributed by atoms with Crippen LogP contribution in [0.3, 0.4) is 0 Å². The van der Waals surface area contributed by atoms with Crippen molar-refractivity contribution >= 4 is 11.8 Å². The third kappa shape index (κ3) is 4.76. The predicted octanol–water partition coefficient (Wildman–Crippen LogP) is 4.61. The van der Waals surface area contributed by atoms with E-state index in [4.69, 9.17) is 11.2 Å². The highest BCUT2D eigenvalue weighted by Crippen LogP contribution is 2.35. The van der Waals surface area contributed by atoms with Crippen LogP contribution in [-0.4, -0.2) is 24.7 Å². The molecular weight excluding hydrogens is 381 g/mol. The van der Waals surface area contributed by atoms with Gasteiger partial charge in [0.2, 0.25) is 0 Å². The fraction of sp³-hybridized carbons (Fsp3) is 0.167. The van der Waals surface area contributed by atoms with Gasteiger partial charge < -0.3 is 10.1 Å². The number of nitrogens with zero attached hydrogens (tertiary/aromatic N) is 1. The van der Waals surface area contributed by atoms with Gasteiger partial charge in [0.25, 0.3) is 0 Å². The van der Waals surface area contributed by atoms with Gasteiger partial charge in [-0.2, -0.15) is 0 Å². The molecule has 152 valence electrons. The second-order valence-corrected chi connectivity index (χ2v) is 6.55. The van der Waals surface area contributed by atoms with Crippen molar-refractivity contribution in [2.24, 2.45) is 0 Å². The van der Waals surface area contributed by atoms with E-state index in [0.717, 1.165) is 5.56 Å². The number of ether oxygens (including phenoxy) is 1. The van der Waals surface area contributed by atoms with Crippen molar-refractivity contribution in [3.63, 3.8) is 0 Å². The molecule has 3 aromatic rings. The summed E-state index contributed by atoms with van der Waals surface area (Å²) in [5.74, 6) is 3.06. The van der Waals surface area contributed by atoms with E-state index in [1.807, 2.05) is 6.92 Å². The molecule has 30 heavy (non-hydrogen) atoms. The number of methoxy groups -OCH3 is 1. The van der Waals surface area contributed by atoms with E-state index in [1.54, 1.807) is 54.7 Å². The molecule has 2 amide bonds. The maximum atomic E-state index is 15.4. The predicted molar refractivity (Wildman–Crippen MR) is 116 cm³/mol. The van der Waals surface area contributed by atoms with Gasteiger partial charge in [0, 0.05) is 24.7 Å². The quantitative estimate of drug-likeness (QED) is 0.591. The number of carbonyl (C=O) groups is 1. The van der Waals surface area contributed by atoms with Crippen molar-refractivity contribution < 1.29 is 13.9 Å². The first kappa shape index (κ1) is 20.9. The van der Waals surface area contributed by atoms with Crippen LogP contribution in [-0.2, 0) is 6.42 Å². The van der Waals surface area contributed by atoms with Crippen molar-refractivity contribution in [3.8, 4) is 29.2 Å². The zero-order chi connectivity index (χ0) is 21.5. The smallest absolute Gasteiger partial charge is 0.320 e. The summed E-state index contributed by atoms with van der Waals surface area (Å²) in [5, 5.41) is 5.27. The lowest BCUT2D eigenvalue weighted by Gasteiger charge is -2.14. The van der Waals surface area contributed by atoms with Gasteiger partial charge in [-0.15, -0.1) is 6.42 Å². The molecule has 3 rings (SSSR count). The fourth-order valence-electron chi connectivity index (χ4n) is 3.09. The lowest BCUT2D eigenvalue weighted by molar-refractivity contribution is 0.252. The van der Waals surface area contributed by atoms with Crippen LogP contribution in [0.1, 0.15) is 23.6 Å².